The zero-order valence-corrected chi connectivity index (χ0v) is 21.4. The first-order valence-corrected chi connectivity index (χ1v) is 13.1. The molecule has 0 bridgehead atoms. The summed E-state index contributed by atoms with van der Waals surface area (Å²) in [6, 6.07) is 9.86. The number of fused-ring (bicyclic) bond motifs is 2. The SMILES string of the molecule is Cc1c(C(=O)N2CCN3CCN(C(=O)[C@H]4CC(=O)N(Cc5ccccc5)C4)CC3C2)cn2nc[nH]c(=O)c12. The van der Waals surface area contributed by atoms with Crippen molar-refractivity contribution in [1.82, 2.24) is 34.2 Å². The molecule has 0 aliphatic carbocycles. The van der Waals surface area contributed by atoms with E-state index in [9.17, 15) is 19.2 Å². The summed E-state index contributed by atoms with van der Waals surface area (Å²) in [5, 5.41) is 4.13. The van der Waals surface area contributed by atoms with Crippen molar-refractivity contribution in [1.29, 1.82) is 0 Å². The number of nitrogens with one attached hydrogen (secondary N) is 1. The number of rotatable bonds is 4. The van der Waals surface area contributed by atoms with Gasteiger partial charge in [0.25, 0.3) is 11.5 Å². The molecule has 0 saturated carbocycles. The largest absolute Gasteiger partial charge is 0.339 e. The summed E-state index contributed by atoms with van der Waals surface area (Å²) in [5.74, 6) is -0.421. The number of piperazine rings is 2. The Balaban J connectivity index is 1.11. The third-order valence-electron chi connectivity index (χ3n) is 8.13. The van der Waals surface area contributed by atoms with E-state index in [0.717, 1.165) is 18.7 Å². The topological polar surface area (TPSA) is 114 Å². The van der Waals surface area contributed by atoms with Gasteiger partial charge in [-0.25, -0.2) is 4.52 Å². The Morgan fingerprint density at radius 2 is 1.74 bits per heavy atom. The number of aromatic amines is 1. The first-order valence-electron chi connectivity index (χ1n) is 13.1. The van der Waals surface area contributed by atoms with Gasteiger partial charge in [0.05, 0.1) is 11.5 Å². The van der Waals surface area contributed by atoms with Gasteiger partial charge in [0.1, 0.15) is 11.8 Å². The molecule has 3 aliphatic heterocycles. The average molecular weight is 518 g/mol. The van der Waals surface area contributed by atoms with Gasteiger partial charge in [0.15, 0.2) is 0 Å². The fraction of sp³-hybridized carbons (Fsp3) is 0.444. The van der Waals surface area contributed by atoms with Gasteiger partial charge < -0.3 is 19.7 Å². The van der Waals surface area contributed by atoms with Crippen molar-refractivity contribution in [2.75, 3.05) is 45.8 Å². The average Bonchev–Trinajstić information content (AvgIpc) is 3.47. The summed E-state index contributed by atoms with van der Waals surface area (Å²) < 4.78 is 1.45. The molecule has 3 amide bonds. The minimum Gasteiger partial charge on any atom is -0.339 e. The Labute approximate surface area is 219 Å². The summed E-state index contributed by atoms with van der Waals surface area (Å²) in [4.78, 5) is 62.1. The van der Waals surface area contributed by atoms with Crippen LogP contribution in [0.25, 0.3) is 5.52 Å². The quantitative estimate of drug-likeness (QED) is 0.534. The van der Waals surface area contributed by atoms with Crippen LogP contribution in [0.1, 0.15) is 27.9 Å². The minimum atomic E-state index is -0.332. The van der Waals surface area contributed by atoms with Crippen LogP contribution >= 0.6 is 0 Å². The standard InChI is InChI=1S/C27H31N7O4/c1-18-22(16-34-24(18)25(36)28-17-29-34)27(38)32-10-8-30-7-9-31(14-21(30)15-32)26(37)20-11-23(35)33(13-20)12-19-5-3-2-4-6-19/h2-6,16-17,20-21H,7-15H2,1H3,(H,28,29,36)/t20-,21?/m0/s1. The third kappa shape index (κ3) is 4.36. The van der Waals surface area contributed by atoms with Gasteiger partial charge in [-0.1, -0.05) is 30.3 Å². The highest BCUT2D eigenvalue weighted by Crippen LogP contribution is 2.25. The molecule has 1 N–H and O–H groups in total. The van der Waals surface area contributed by atoms with E-state index < -0.39 is 0 Å². The van der Waals surface area contributed by atoms with Crippen molar-refractivity contribution in [2.45, 2.75) is 25.9 Å². The minimum absolute atomic E-state index is 0.0175. The maximum absolute atomic E-state index is 13.5. The number of carbonyl (C=O) groups excluding carboxylic acids is 3. The number of aryl methyl sites for hydroxylation is 1. The monoisotopic (exact) mass is 517 g/mol. The fourth-order valence-electron chi connectivity index (χ4n) is 6.04. The highest BCUT2D eigenvalue weighted by molar-refractivity contribution is 5.97. The van der Waals surface area contributed by atoms with Crippen LogP contribution < -0.4 is 5.56 Å². The van der Waals surface area contributed by atoms with Gasteiger partial charge in [-0.05, 0) is 18.1 Å². The molecule has 38 heavy (non-hydrogen) atoms. The molecule has 3 aliphatic rings. The Hall–Kier alpha value is -3.99. The van der Waals surface area contributed by atoms with Crippen LogP contribution in [0.4, 0.5) is 0 Å². The van der Waals surface area contributed by atoms with Crippen LogP contribution in [-0.4, -0.2) is 104 Å². The lowest BCUT2D eigenvalue weighted by Crippen LogP contribution is -2.63. The molecule has 1 unspecified atom stereocenters. The highest BCUT2D eigenvalue weighted by atomic mass is 16.2. The number of benzene rings is 1. The lowest BCUT2D eigenvalue weighted by atomic mass is 10.0. The molecular weight excluding hydrogens is 486 g/mol. The number of amides is 3. The van der Waals surface area contributed by atoms with Crippen LogP contribution in [0.2, 0.25) is 0 Å². The van der Waals surface area contributed by atoms with E-state index in [1.54, 1.807) is 18.0 Å². The maximum Gasteiger partial charge on any atom is 0.275 e. The first kappa shape index (κ1) is 24.4. The molecule has 0 spiro atoms. The number of likely N-dealkylation sites (tertiary alicyclic amines) is 1. The number of carbonyl (C=O) groups is 3. The molecule has 198 valence electrons. The van der Waals surface area contributed by atoms with Crippen LogP contribution in [0.5, 0.6) is 0 Å². The Bertz CT molecular complexity index is 1450. The number of hydrogen-bond donors (Lipinski definition) is 1. The Kier molecular flexibility index (Phi) is 6.22. The van der Waals surface area contributed by atoms with E-state index >= 15 is 0 Å². The zero-order chi connectivity index (χ0) is 26.4. The lowest BCUT2D eigenvalue weighted by Gasteiger charge is -2.47. The van der Waals surface area contributed by atoms with Crippen molar-refractivity contribution in [3.63, 3.8) is 0 Å². The molecule has 3 saturated heterocycles. The van der Waals surface area contributed by atoms with Crippen molar-refractivity contribution in [2.24, 2.45) is 5.92 Å². The molecule has 3 aromatic rings. The molecule has 5 heterocycles. The van der Waals surface area contributed by atoms with Gasteiger partial charge in [-0.3, -0.25) is 24.1 Å². The molecule has 2 atom stereocenters. The van der Waals surface area contributed by atoms with Crippen molar-refractivity contribution in [3.05, 3.63) is 69.9 Å². The molecule has 1 aromatic carbocycles. The first-order chi connectivity index (χ1) is 18.4. The van der Waals surface area contributed by atoms with Crippen molar-refractivity contribution >= 4 is 23.2 Å². The second-order valence-corrected chi connectivity index (χ2v) is 10.5. The van der Waals surface area contributed by atoms with E-state index in [-0.39, 0.29) is 41.7 Å². The third-order valence-corrected chi connectivity index (χ3v) is 8.13. The maximum atomic E-state index is 13.5. The molecular formula is C27H31N7O4. The molecule has 11 nitrogen and oxygen atoms in total. The number of aromatic nitrogens is 3. The molecule has 3 fully saturated rings. The second kappa shape index (κ2) is 9.71. The van der Waals surface area contributed by atoms with Crippen molar-refractivity contribution < 1.29 is 14.4 Å². The van der Waals surface area contributed by atoms with Gasteiger partial charge in [-0.2, -0.15) is 5.10 Å². The smallest absolute Gasteiger partial charge is 0.275 e. The van der Waals surface area contributed by atoms with E-state index in [1.165, 1.54) is 10.8 Å². The predicted octanol–water partition coefficient (Wildman–Crippen LogP) is 0.348. The van der Waals surface area contributed by atoms with E-state index in [2.05, 4.69) is 15.0 Å². The summed E-state index contributed by atoms with van der Waals surface area (Å²) in [6.07, 6.45) is 3.17. The van der Waals surface area contributed by atoms with E-state index in [1.807, 2.05) is 40.1 Å². The molecule has 6 rings (SSSR count). The lowest BCUT2D eigenvalue weighted by molar-refractivity contribution is -0.139. The van der Waals surface area contributed by atoms with E-state index in [0.29, 0.717) is 55.9 Å². The highest BCUT2D eigenvalue weighted by Gasteiger charge is 2.41. The molecule has 2 aromatic heterocycles. The molecule has 11 heteroatoms. The summed E-state index contributed by atoms with van der Waals surface area (Å²) in [7, 11) is 0. The van der Waals surface area contributed by atoms with Gasteiger partial charge >= 0.3 is 0 Å². The summed E-state index contributed by atoms with van der Waals surface area (Å²) in [5.41, 5.74) is 2.22. The van der Waals surface area contributed by atoms with Gasteiger partial charge in [0, 0.05) is 71.0 Å². The Morgan fingerprint density at radius 1 is 1.00 bits per heavy atom. The van der Waals surface area contributed by atoms with Crippen LogP contribution in [-0.2, 0) is 16.1 Å². The number of nitrogens with zero attached hydrogens (tertiary/aromatic N) is 6. The normalized spacial score (nSPS) is 22.2. The van der Waals surface area contributed by atoms with Gasteiger partial charge in [-0.15, -0.1) is 0 Å². The number of hydrogen-bond acceptors (Lipinski definition) is 6. The van der Waals surface area contributed by atoms with E-state index in [4.69, 9.17) is 0 Å². The fourth-order valence-corrected chi connectivity index (χ4v) is 6.04. The van der Waals surface area contributed by atoms with Crippen LogP contribution in [0, 0.1) is 12.8 Å². The van der Waals surface area contributed by atoms with Crippen LogP contribution in [0.3, 0.4) is 0 Å². The second-order valence-electron chi connectivity index (χ2n) is 10.5. The predicted molar refractivity (Wildman–Crippen MR) is 138 cm³/mol. The Morgan fingerprint density at radius 3 is 2.50 bits per heavy atom. The number of H-pyrrole nitrogens is 1. The van der Waals surface area contributed by atoms with Gasteiger partial charge in [0.2, 0.25) is 11.8 Å². The van der Waals surface area contributed by atoms with Crippen LogP contribution in [0.15, 0.2) is 47.7 Å². The van der Waals surface area contributed by atoms with Crippen molar-refractivity contribution in [3.8, 4) is 0 Å². The molecule has 0 radical (unpaired) electrons. The summed E-state index contributed by atoms with van der Waals surface area (Å²) in [6.45, 7) is 6.46. The summed E-state index contributed by atoms with van der Waals surface area (Å²) >= 11 is 0. The zero-order valence-electron chi connectivity index (χ0n) is 21.4.